The summed E-state index contributed by atoms with van der Waals surface area (Å²) >= 11 is 0. The molecule has 0 spiro atoms. The van der Waals surface area contributed by atoms with Crippen LogP contribution in [0, 0.1) is 23.2 Å². The number of nitrogens with one attached hydrogen (secondary N) is 1. The number of fused-ring (bicyclic) bond motifs is 1. The highest BCUT2D eigenvalue weighted by molar-refractivity contribution is 6.01. The number of hydrogen-bond acceptors (Lipinski definition) is 8. The molecule has 3 aliphatic heterocycles. The molecule has 5 rings (SSSR count). The zero-order chi connectivity index (χ0) is 27.5. The minimum atomic E-state index is -0.418. The number of amides is 3. The smallest absolute Gasteiger partial charge is 0.328 e. The molecule has 5 heterocycles. The van der Waals surface area contributed by atoms with Gasteiger partial charge in [-0.25, -0.2) is 14.8 Å². The maximum atomic E-state index is 13.4. The number of carbonyl (C=O) groups excluding carboxylic acids is 3. The van der Waals surface area contributed by atoms with Gasteiger partial charge >= 0.3 is 6.03 Å². The maximum Gasteiger partial charge on any atom is 0.328 e. The van der Waals surface area contributed by atoms with Crippen LogP contribution in [0.25, 0.3) is 0 Å². The van der Waals surface area contributed by atoms with Gasteiger partial charge in [-0.2, -0.15) is 5.26 Å². The zero-order valence-electron chi connectivity index (χ0n) is 22.2. The molecule has 11 heteroatoms. The third kappa shape index (κ3) is 5.48. The lowest BCUT2D eigenvalue weighted by Crippen LogP contribution is -2.40. The van der Waals surface area contributed by atoms with Crippen molar-refractivity contribution in [2.75, 3.05) is 43.6 Å². The minimum Gasteiger partial charge on any atom is -0.379 e. The number of rotatable bonds is 7. The van der Waals surface area contributed by atoms with Crippen molar-refractivity contribution in [3.8, 4) is 6.07 Å². The Hall–Kier alpha value is -3.88. The number of aryl methyl sites for hydroxylation is 1. The van der Waals surface area contributed by atoms with Crippen molar-refractivity contribution in [3.63, 3.8) is 0 Å². The largest absolute Gasteiger partial charge is 0.379 e. The third-order valence-electron chi connectivity index (χ3n) is 7.83. The number of nitriles is 1. The molecule has 2 aromatic heterocycles. The molecular formula is C28H32N6O5. The van der Waals surface area contributed by atoms with Crippen molar-refractivity contribution in [3.05, 3.63) is 46.3 Å². The van der Waals surface area contributed by atoms with Crippen LogP contribution in [-0.4, -0.2) is 72.6 Å². The second-order valence-electron chi connectivity index (χ2n) is 10.4. The Morgan fingerprint density at radius 3 is 2.87 bits per heavy atom. The average molecular weight is 533 g/mol. The normalized spacial score (nSPS) is 22.5. The first-order chi connectivity index (χ1) is 18.9. The Balaban J connectivity index is 1.35. The summed E-state index contributed by atoms with van der Waals surface area (Å²) in [7, 11) is 1.64. The van der Waals surface area contributed by atoms with Crippen LogP contribution in [0.2, 0.25) is 0 Å². The number of hydrogen-bond donors (Lipinski definition) is 1. The second kappa shape index (κ2) is 11.5. The summed E-state index contributed by atoms with van der Waals surface area (Å²) < 4.78 is 11.0. The summed E-state index contributed by atoms with van der Waals surface area (Å²) in [5, 5.41) is 12.4. The molecular weight excluding hydrogens is 500 g/mol. The SMILES string of the molecule is CO[C@H]1COC[C@@H]1Cc1cc(NC(=O)N2CCCc3cc(CN4CC[C@@H](C)C4=O)c(C=O)nc32)ncc1C#N. The average Bonchev–Trinajstić information content (AvgIpc) is 3.53. The molecule has 0 radical (unpaired) electrons. The van der Waals surface area contributed by atoms with E-state index in [-0.39, 0.29) is 29.5 Å². The van der Waals surface area contributed by atoms with Gasteiger partial charge in [0.25, 0.3) is 0 Å². The quantitative estimate of drug-likeness (QED) is 0.538. The number of aromatic nitrogens is 2. The van der Waals surface area contributed by atoms with Crippen LogP contribution in [0.15, 0.2) is 18.3 Å². The number of pyridine rings is 2. The van der Waals surface area contributed by atoms with Gasteiger partial charge in [0, 0.05) is 50.3 Å². The third-order valence-corrected chi connectivity index (χ3v) is 7.83. The van der Waals surface area contributed by atoms with Crippen LogP contribution in [0.5, 0.6) is 0 Å². The molecule has 3 atom stereocenters. The van der Waals surface area contributed by atoms with Gasteiger partial charge in [0.2, 0.25) is 5.91 Å². The van der Waals surface area contributed by atoms with E-state index >= 15 is 0 Å². The fraction of sp³-hybridized carbons (Fsp3) is 0.500. The van der Waals surface area contributed by atoms with E-state index in [1.54, 1.807) is 18.1 Å². The Morgan fingerprint density at radius 2 is 2.15 bits per heavy atom. The van der Waals surface area contributed by atoms with E-state index in [1.165, 1.54) is 11.1 Å². The van der Waals surface area contributed by atoms with Gasteiger partial charge in [0.1, 0.15) is 23.4 Å². The maximum absolute atomic E-state index is 13.4. The molecule has 2 fully saturated rings. The number of likely N-dealkylation sites (tertiary alicyclic amines) is 1. The van der Waals surface area contributed by atoms with Crippen LogP contribution in [0.1, 0.15) is 52.5 Å². The number of aldehydes is 1. The lowest BCUT2D eigenvalue weighted by molar-refractivity contribution is -0.131. The molecule has 2 saturated heterocycles. The van der Waals surface area contributed by atoms with E-state index in [0.29, 0.717) is 74.7 Å². The van der Waals surface area contributed by atoms with Crippen LogP contribution < -0.4 is 10.2 Å². The summed E-state index contributed by atoms with van der Waals surface area (Å²) in [6, 6.07) is 5.37. The molecule has 0 unspecified atom stereocenters. The molecule has 1 N–H and O–H groups in total. The first-order valence-corrected chi connectivity index (χ1v) is 13.3. The lowest BCUT2D eigenvalue weighted by Gasteiger charge is -2.29. The molecule has 39 heavy (non-hydrogen) atoms. The number of anilines is 2. The molecule has 204 valence electrons. The van der Waals surface area contributed by atoms with E-state index in [9.17, 15) is 19.6 Å². The van der Waals surface area contributed by atoms with Crippen molar-refractivity contribution in [1.29, 1.82) is 5.26 Å². The Morgan fingerprint density at radius 1 is 1.31 bits per heavy atom. The van der Waals surface area contributed by atoms with Crippen LogP contribution in [-0.2, 0) is 33.7 Å². The predicted octanol–water partition coefficient (Wildman–Crippen LogP) is 2.72. The topological polar surface area (TPSA) is 138 Å². The lowest BCUT2D eigenvalue weighted by atomic mass is 9.94. The highest BCUT2D eigenvalue weighted by Gasteiger charge is 2.31. The minimum absolute atomic E-state index is 0.0151. The Labute approximate surface area is 227 Å². The molecule has 3 aliphatic rings. The van der Waals surface area contributed by atoms with E-state index in [1.807, 2.05) is 13.0 Å². The van der Waals surface area contributed by atoms with Gasteiger partial charge < -0.3 is 14.4 Å². The number of methoxy groups -OCH3 is 1. The van der Waals surface area contributed by atoms with Crippen LogP contribution >= 0.6 is 0 Å². The Bertz CT molecular complexity index is 1320. The summed E-state index contributed by atoms with van der Waals surface area (Å²) in [5.74, 6) is 0.923. The first-order valence-electron chi connectivity index (χ1n) is 13.3. The molecule has 0 saturated carbocycles. The number of nitrogens with zero attached hydrogens (tertiary/aromatic N) is 5. The second-order valence-corrected chi connectivity index (χ2v) is 10.4. The molecule has 0 aliphatic carbocycles. The fourth-order valence-corrected chi connectivity index (χ4v) is 5.57. The van der Waals surface area contributed by atoms with Crippen LogP contribution in [0.4, 0.5) is 16.4 Å². The first kappa shape index (κ1) is 26.7. The molecule has 2 aromatic rings. The number of carbonyl (C=O) groups is 3. The van der Waals surface area contributed by atoms with Gasteiger partial charge in [-0.3, -0.25) is 19.8 Å². The fourth-order valence-electron chi connectivity index (χ4n) is 5.57. The van der Waals surface area contributed by atoms with Gasteiger partial charge in [-0.15, -0.1) is 0 Å². The summed E-state index contributed by atoms with van der Waals surface area (Å²) in [6.45, 7) is 4.38. The van der Waals surface area contributed by atoms with Crippen molar-refractivity contribution in [1.82, 2.24) is 14.9 Å². The van der Waals surface area contributed by atoms with Crippen molar-refractivity contribution >= 4 is 29.9 Å². The van der Waals surface area contributed by atoms with E-state index in [0.717, 1.165) is 24.0 Å². The summed E-state index contributed by atoms with van der Waals surface area (Å²) in [4.78, 5) is 49.9. The summed E-state index contributed by atoms with van der Waals surface area (Å²) in [6.07, 6.45) is 4.89. The predicted molar refractivity (Wildman–Crippen MR) is 141 cm³/mol. The zero-order valence-corrected chi connectivity index (χ0v) is 22.2. The van der Waals surface area contributed by atoms with Crippen molar-refractivity contribution in [2.45, 2.75) is 45.3 Å². The van der Waals surface area contributed by atoms with Gasteiger partial charge in [-0.05, 0) is 48.9 Å². The van der Waals surface area contributed by atoms with Crippen molar-refractivity contribution < 1.29 is 23.9 Å². The molecule has 11 nitrogen and oxygen atoms in total. The number of urea groups is 1. The molecule has 0 bridgehead atoms. The number of ether oxygens (including phenoxy) is 2. The standard InChI is InChI=1S/C28H32N6O5/c1-17-5-7-33(27(17)36)13-20-8-18-4-3-6-34(26(18)31-23(20)14-35)28(37)32-25-10-19(22(11-29)12-30-25)9-21-15-39-16-24(21)38-2/h8,10,12,14,17,21,24H,3-7,9,13,15-16H2,1-2H3,(H,30,32,37)/t17-,21+,24+/m1/s1. The highest BCUT2D eigenvalue weighted by Crippen LogP contribution is 2.30. The van der Waals surface area contributed by atoms with Gasteiger partial charge in [0.15, 0.2) is 6.29 Å². The van der Waals surface area contributed by atoms with Crippen LogP contribution in [0.3, 0.4) is 0 Å². The van der Waals surface area contributed by atoms with Crippen molar-refractivity contribution in [2.24, 2.45) is 11.8 Å². The molecule has 3 amide bonds. The van der Waals surface area contributed by atoms with E-state index in [2.05, 4.69) is 21.4 Å². The van der Waals surface area contributed by atoms with Gasteiger partial charge in [-0.1, -0.05) is 6.92 Å². The van der Waals surface area contributed by atoms with E-state index in [4.69, 9.17) is 9.47 Å². The highest BCUT2D eigenvalue weighted by atomic mass is 16.5. The van der Waals surface area contributed by atoms with E-state index < -0.39 is 6.03 Å². The monoisotopic (exact) mass is 532 g/mol. The molecule has 0 aromatic carbocycles. The summed E-state index contributed by atoms with van der Waals surface area (Å²) in [5.41, 5.74) is 2.98. The van der Waals surface area contributed by atoms with Gasteiger partial charge in [0.05, 0.1) is 24.9 Å². The Kier molecular flexibility index (Phi) is 7.86.